The van der Waals surface area contributed by atoms with Crippen molar-refractivity contribution in [3.8, 4) is 16.9 Å². The summed E-state index contributed by atoms with van der Waals surface area (Å²) in [5.74, 6) is -1.88. The van der Waals surface area contributed by atoms with Gasteiger partial charge in [-0.15, -0.1) is 11.3 Å². The Morgan fingerprint density at radius 1 is 1.02 bits per heavy atom. The van der Waals surface area contributed by atoms with E-state index in [0.29, 0.717) is 33.9 Å². The highest BCUT2D eigenvalue weighted by Crippen LogP contribution is 2.32. The highest BCUT2D eigenvalue weighted by molar-refractivity contribution is 7.13. The summed E-state index contributed by atoms with van der Waals surface area (Å²) in [7, 11) is 5.78. The van der Waals surface area contributed by atoms with E-state index in [2.05, 4.69) is 20.2 Å². The summed E-state index contributed by atoms with van der Waals surface area (Å²) in [5, 5.41) is 5.40. The number of nitrogens with zero attached hydrogens (tertiary/aromatic N) is 6. The van der Waals surface area contributed by atoms with Crippen LogP contribution in [0.3, 0.4) is 0 Å². The van der Waals surface area contributed by atoms with Gasteiger partial charge in [0.05, 0.1) is 5.69 Å². The first-order valence-corrected chi connectivity index (χ1v) is 14.1. The van der Waals surface area contributed by atoms with Gasteiger partial charge in [-0.3, -0.25) is 19.5 Å². The van der Waals surface area contributed by atoms with Crippen molar-refractivity contribution in [3.63, 3.8) is 0 Å². The second-order valence-corrected chi connectivity index (χ2v) is 11.0. The number of rotatable bonds is 9. The fourth-order valence-corrected chi connectivity index (χ4v) is 5.12. The molecule has 3 aromatic heterocycles. The molecule has 0 spiro atoms. The molecule has 3 heterocycles. The lowest BCUT2D eigenvalue weighted by Crippen LogP contribution is -2.26. The molecule has 0 aliphatic heterocycles. The van der Waals surface area contributed by atoms with Crippen molar-refractivity contribution < 1.29 is 13.6 Å². The molecule has 0 unspecified atom stereocenters. The van der Waals surface area contributed by atoms with Crippen LogP contribution in [0.1, 0.15) is 22.3 Å². The molecular formula is C30H29F2N7O2S. The molecule has 9 nitrogen and oxygen atoms in total. The summed E-state index contributed by atoms with van der Waals surface area (Å²) < 4.78 is 31.0. The van der Waals surface area contributed by atoms with Gasteiger partial charge in [-0.25, -0.2) is 18.7 Å². The number of para-hydroxylation sites is 1. The summed E-state index contributed by atoms with van der Waals surface area (Å²) in [5.41, 5.74) is 1.07. The van der Waals surface area contributed by atoms with Gasteiger partial charge in [-0.05, 0) is 69.9 Å². The first-order chi connectivity index (χ1) is 20.1. The number of benzene rings is 2. The maximum atomic E-state index is 15.0. The van der Waals surface area contributed by atoms with Gasteiger partial charge in [-0.1, -0.05) is 12.1 Å². The Kier molecular flexibility index (Phi) is 8.36. The first-order valence-electron chi connectivity index (χ1n) is 13.2. The van der Waals surface area contributed by atoms with Gasteiger partial charge < -0.3 is 9.80 Å². The number of hydrogen-bond donors (Lipinski definition) is 1. The lowest BCUT2D eigenvalue weighted by atomic mass is 9.99. The zero-order valence-electron chi connectivity index (χ0n) is 23.6. The van der Waals surface area contributed by atoms with Crippen LogP contribution >= 0.6 is 11.3 Å². The molecule has 5 rings (SSSR count). The number of fused-ring (bicyclic) bond motifs is 1. The van der Waals surface area contributed by atoms with Gasteiger partial charge in [0.1, 0.15) is 17.3 Å². The third-order valence-corrected chi connectivity index (χ3v) is 7.44. The number of hydrogen-bond acceptors (Lipinski definition) is 8. The van der Waals surface area contributed by atoms with E-state index in [1.54, 1.807) is 35.8 Å². The third kappa shape index (κ3) is 5.90. The van der Waals surface area contributed by atoms with Gasteiger partial charge in [0, 0.05) is 47.7 Å². The molecular weight excluding hydrogens is 560 g/mol. The van der Waals surface area contributed by atoms with Gasteiger partial charge >= 0.3 is 0 Å². The molecule has 42 heavy (non-hydrogen) atoms. The smallest absolute Gasteiger partial charge is 0.257 e. The van der Waals surface area contributed by atoms with Crippen molar-refractivity contribution in [2.45, 2.75) is 13.3 Å². The summed E-state index contributed by atoms with van der Waals surface area (Å²) in [6.07, 6.45) is 2.40. The van der Waals surface area contributed by atoms with Crippen LogP contribution in [0, 0.1) is 18.6 Å². The predicted octanol–water partition coefficient (Wildman–Crippen LogP) is 5.13. The fourth-order valence-electron chi connectivity index (χ4n) is 4.60. The van der Waals surface area contributed by atoms with Crippen molar-refractivity contribution >= 4 is 39.4 Å². The van der Waals surface area contributed by atoms with Crippen molar-refractivity contribution in [1.29, 1.82) is 0 Å². The summed E-state index contributed by atoms with van der Waals surface area (Å²) in [6, 6.07) is 11.4. The van der Waals surface area contributed by atoms with Crippen LogP contribution in [0.2, 0.25) is 0 Å². The van der Waals surface area contributed by atoms with Gasteiger partial charge in [0.15, 0.2) is 10.8 Å². The van der Waals surface area contributed by atoms with Crippen LogP contribution in [0.4, 0.5) is 19.9 Å². The summed E-state index contributed by atoms with van der Waals surface area (Å²) >= 11 is 1.30. The minimum absolute atomic E-state index is 0.0444. The molecule has 0 radical (unpaired) electrons. The number of pyridine rings is 1. The van der Waals surface area contributed by atoms with Crippen LogP contribution in [-0.4, -0.2) is 64.6 Å². The van der Waals surface area contributed by atoms with Crippen molar-refractivity contribution in [3.05, 3.63) is 93.2 Å². The van der Waals surface area contributed by atoms with Gasteiger partial charge in [0.25, 0.3) is 11.5 Å². The van der Waals surface area contributed by atoms with E-state index in [4.69, 9.17) is 4.98 Å². The zero-order chi connectivity index (χ0) is 30.0. The van der Waals surface area contributed by atoms with E-state index in [-0.39, 0.29) is 17.5 Å². The zero-order valence-corrected chi connectivity index (χ0v) is 24.4. The molecule has 1 N–H and O–H groups in total. The second kappa shape index (κ2) is 12.1. The Bertz CT molecular complexity index is 1800. The molecule has 216 valence electrons. The predicted molar refractivity (Wildman–Crippen MR) is 162 cm³/mol. The number of carbonyl (C=O) groups excluding carboxylic acids is 1. The van der Waals surface area contributed by atoms with E-state index in [1.165, 1.54) is 23.5 Å². The number of nitrogens with one attached hydrogen (secondary N) is 1. The molecule has 0 fully saturated rings. The number of carbonyl (C=O) groups is 1. The molecule has 12 heteroatoms. The lowest BCUT2D eigenvalue weighted by molar-refractivity contribution is 0.102. The molecule has 0 aliphatic carbocycles. The number of aromatic nitrogens is 4. The highest BCUT2D eigenvalue weighted by atomic mass is 32.1. The highest BCUT2D eigenvalue weighted by Gasteiger charge is 2.22. The van der Waals surface area contributed by atoms with E-state index in [0.717, 1.165) is 35.2 Å². The van der Waals surface area contributed by atoms with E-state index in [1.807, 2.05) is 33.0 Å². The minimum atomic E-state index is -0.900. The molecule has 0 saturated heterocycles. The second-order valence-electron chi connectivity index (χ2n) is 10.1. The number of thiazole rings is 1. The SMILES string of the molecule is Cc1ccc(C(=O)Nc2nccs2)cc1-c1nc(N(C)CCCN(C)C)nc2c1ccc(=O)n2-c1c(F)cccc1F. The van der Waals surface area contributed by atoms with Crippen LogP contribution in [0.25, 0.3) is 28.0 Å². The van der Waals surface area contributed by atoms with Crippen LogP contribution < -0.4 is 15.8 Å². The molecule has 0 atom stereocenters. The lowest BCUT2D eigenvalue weighted by Gasteiger charge is -2.21. The Balaban J connectivity index is 1.73. The van der Waals surface area contributed by atoms with E-state index >= 15 is 8.78 Å². The monoisotopic (exact) mass is 589 g/mol. The Morgan fingerprint density at radius 2 is 1.79 bits per heavy atom. The topological polar surface area (TPSA) is 96.2 Å². The largest absolute Gasteiger partial charge is 0.344 e. The summed E-state index contributed by atoms with van der Waals surface area (Å²) in [4.78, 5) is 43.8. The molecule has 0 bridgehead atoms. The molecule has 0 saturated carbocycles. The molecule has 5 aromatic rings. The Hall–Kier alpha value is -4.55. The number of amides is 1. The standard InChI is InChI=1S/C30H29F2N7O2S/c1-18-9-10-19(28(41)36-30-33-13-16-42-30)17-21(18)25-20-11-12-24(40)39(26-22(31)7-5-8-23(26)32)27(20)35-29(34-25)38(4)15-6-14-37(2)3/h5,7-13,16-17H,6,14-15H2,1-4H3,(H,33,36,41). The van der Waals surface area contributed by atoms with Gasteiger partial charge in [-0.2, -0.15) is 4.98 Å². The van der Waals surface area contributed by atoms with Crippen molar-refractivity contribution in [1.82, 2.24) is 24.4 Å². The molecule has 0 aliphatic rings. The number of aryl methyl sites for hydroxylation is 1. The van der Waals surface area contributed by atoms with Crippen molar-refractivity contribution in [2.24, 2.45) is 0 Å². The summed E-state index contributed by atoms with van der Waals surface area (Å²) in [6.45, 7) is 3.29. The van der Waals surface area contributed by atoms with Crippen molar-refractivity contribution in [2.75, 3.05) is 44.4 Å². The molecule has 1 amide bonds. The minimum Gasteiger partial charge on any atom is -0.344 e. The van der Waals surface area contributed by atoms with E-state index in [9.17, 15) is 9.59 Å². The quantitative estimate of drug-likeness (QED) is 0.255. The van der Waals surface area contributed by atoms with Crippen LogP contribution in [0.5, 0.6) is 0 Å². The number of anilines is 2. The molecule has 2 aromatic carbocycles. The van der Waals surface area contributed by atoms with Crippen LogP contribution in [-0.2, 0) is 0 Å². The Labute approximate surface area is 245 Å². The van der Waals surface area contributed by atoms with Crippen LogP contribution in [0.15, 0.2) is 64.9 Å². The Morgan fingerprint density at radius 3 is 2.48 bits per heavy atom. The average molecular weight is 590 g/mol. The first kappa shape index (κ1) is 29.0. The third-order valence-electron chi connectivity index (χ3n) is 6.75. The maximum absolute atomic E-state index is 15.0. The average Bonchev–Trinajstić information content (AvgIpc) is 3.46. The van der Waals surface area contributed by atoms with Gasteiger partial charge in [0.2, 0.25) is 5.95 Å². The number of halogens is 2. The maximum Gasteiger partial charge on any atom is 0.257 e. The normalized spacial score (nSPS) is 11.3. The van der Waals surface area contributed by atoms with E-state index < -0.39 is 22.9 Å². The fraction of sp³-hybridized carbons (Fsp3) is 0.233.